The molecular weight excluding hydrogens is 476 g/mol. The molecular formula is C32H30N2O2S. The van der Waals surface area contributed by atoms with Crippen molar-refractivity contribution in [2.45, 2.75) is 33.3 Å². The molecule has 0 spiro atoms. The number of rotatable bonds is 9. The molecule has 3 aromatic carbocycles. The van der Waals surface area contributed by atoms with E-state index in [1.54, 1.807) is 18.4 Å². The van der Waals surface area contributed by atoms with Crippen LogP contribution in [0.3, 0.4) is 0 Å². The van der Waals surface area contributed by atoms with Gasteiger partial charge in [0.1, 0.15) is 23.8 Å². The summed E-state index contributed by atoms with van der Waals surface area (Å²) in [5.74, 6) is 1.63. The van der Waals surface area contributed by atoms with E-state index in [2.05, 4.69) is 49.4 Å². The van der Waals surface area contributed by atoms with Crippen molar-refractivity contribution in [3.8, 4) is 33.3 Å². The molecule has 37 heavy (non-hydrogen) atoms. The number of aromatic nitrogens is 2. The summed E-state index contributed by atoms with van der Waals surface area (Å²) in [4.78, 5) is 12.8. The van der Waals surface area contributed by atoms with Gasteiger partial charge in [0.25, 0.3) is 0 Å². The Balaban J connectivity index is 1.50. The average molecular weight is 507 g/mol. The third-order valence-electron chi connectivity index (χ3n) is 6.30. The number of methoxy groups -OCH3 is 1. The van der Waals surface area contributed by atoms with Gasteiger partial charge in [-0.05, 0) is 74.2 Å². The Morgan fingerprint density at radius 1 is 0.703 bits per heavy atom. The first kappa shape index (κ1) is 24.7. The lowest BCUT2D eigenvalue weighted by atomic mass is 10.0. The molecule has 0 bridgehead atoms. The van der Waals surface area contributed by atoms with E-state index in [-0.39, 0.29) is 0 Å². The molecule has 0 N–H and O–H groups in total. The van der Waals surface area contributed by atoms with Crippen LogP contribution in [0.15, 0.2) is 91.0 Å². The number of aryl methyl sites for hydroxylation is 4. The third kappa shape index (κ3) is 5.89. The number of ether oxygens (including phenoxy) is 2. The minimum atomic E-state index is 0.458. The number of hydrogen-bond acceptors (Lipinski definition) is 5. The predicted molar refractivity (Wildman–Crippen MR) is 151 cm³/mol. The van der Waals surface area contributed by atoms with Crippen LogP contribution in [0.1, 0.15) is 27.4 Å². The first-order valence-corrected chi connectivity index (χ1v) is 13.3. The second-order valence-corrected chi connectivity index (χ2v) is 10.3. The maximum atomic E-state index is 6.32. The van der Waals surface area contributed by atoms with Gasteiger partial charge < -0.3 is 9.47 Å². The van der Waals surface area contributed by atoms with E-state index in [9.17, 15) is 0 Å². The van der Waals surface area contributed by atoms with Crippen LogP contribution >= 0.6 is 11.3 Å². The van der Waals surface area contributed by atoms with Gasteiger partial charge in [-0.2, -0.15) is 0 Å². The summed E-state index contributed by atoms with van der Waals surface area (Å²) in [6.45, 7) is 4.63. The van der Waals surface area contributed by atoms with Gasteiger partial charge >= 0.3 is 0 Å². The molecule has 5 rings (SSSR count). The molecule has 0 atom stereocenters. The summed E-state index contributed by atoms with van der Waals surface area (Å²) in [6, 6.07) is 30.9. The van der Waals surface area contributed by atoms with Crippen LogP contribution in [-0.2, 0) is 19.4 Å². The fourth-order valence-corrected chi connectivity index (χ4v) is 5.23. The first-order valence-electron chi connectivity index (χ1n) is 12.4. The molecule has 0 aliphatic heterocycles. The molecule has 0 amide bonds. The Morgan fingerprint density at radius 2 is 1.46 bits per heavy atom. The average Bonchev–Trinajstić information content (AvgIpc) is 3.38. The van der Waals surface area contributed by atoms with E-state index in [4.69, 9.17) is 19.4 Å². The van der Waals surface area contributed by atoms with Crippen molar-refractivity contribution in [1.82, 2.24) is 9.97 Å². The third-order valence-corrected chi connectivity index (χ3v) is 7.31. The first-order chi connectivity index (χ1) is 18.1. The molecule has 5 aromatic rings. The van der Waals surface area contributed by atoms with E-state index in [0.29, 0.717) is 6.61 Å². The summed E-state index contributed by atoms with van der Waals surface area (Å²) in [5, 5.41) is 0. The van der Waals surface area contributed by atoms with Crippen LogP contribution in [0.4, 0.5) is 0 Å². The molecule has 4 nitrogen and oxygen atoms in total. The van der Waals surface area contributed by atoms with Crippen molar-refractivity contribution >= 4 is 11.3 Å². The van der Waals surface area contributed by atoms with Crippen molar-refractivity contribution in [3.63, 3.8) is 0 Å². The van der Waals surface area contributed by atoms with Crippen LogP contribution in [0.2, 0.25) is 0 Å². The molecule has 0 fully saturated rings. The van der Waals surface area contributed by atoms with Gasteiger partial charge in [0.15, 0.2) is 0 Å². The minimum absolute atomic E-state index is 0.458. The lowest BCUT2D eigenvalue weighted by molar-refractivity contribution is 0.307. The monoisotopic (exact) mass is 506 g/mol. The Hall–Kier alpha value is -3.96. The zero-order valence-corrected chi connectivity index (χ0v) is 22.2. The van der Waals surface area contributed by atoms with Crippen molar-refractivity contribution in [2.24, 2.45) is 0 Å². The highest BCUT2D eigenvalue weighted by Gasteiger charge is 2.18. The molecule has 0 saturated carbocycles. The van der Waals surface area contributed by atoms with Gasteiger partial charge in [0.05, 0.1) is 29.1 Å². The largest absolute Gasteiger partial charge is 0.497 e. The van der Waals surface area contributed by atoms with E-state index < -0.39 is 0 Å². The highest BCUT2D eigenvalue weighted by molar-refractivity contribution is 7.15. The Morgan fingerprint density at radius 3 is 2.19 bits per heavy atom. The number of hydrogen-bond donors (Lipinski definition) is 0. The van der Waals surface area contributed by atoms with Crippen molar-refractivity contribution in [3.05, 3.63) is 118 Å². The van der Waals surface area contributed by atoms with E-state index in [1.165, 1.54) is 10.4 Å². The van der Waals surface area contributed by atoms with Gasteiger partial charge in [-0.25, -0.2) is 9.97 Å². The van der Waals surface area contributed by atoms with Gasteiger partial charge in [-0.15, -0.1) is 11.3 Å². The summed E-state index contributed by atoms with van der Waals surface area (Å²) in [6.07, 6.45) is 1.68. The molecule has 0 aliphatic carbocycles. The van der Waals surface area contributed by atoms with Crippen molar-refractivity contribution in [2.75, 3.05) is 7.11 Å². The lowest BCUT2D eigenvalue weighted by Crippen LogP contribution is -2.06. The summed E-state index contributed by atoms with van der Waals surface area (Å²) >= 11 is 1.76. The summed E-state index contributed by atoms with van der Waals surface area (Å²) in [7, 11) is 1.67. The standard InChI is InChI=1S/C32H30N2O2S/c1-22-13-20-30(37-22)31-23(2)33-32(28(34-31)19-16-24-9-5-4-6-10-24)27-11-7-8-12-29(27)36-21-25-14-17-26(35-3)18-15-25/h4-15,17-18,20H,16,19,21H2,1-3H3. The predicted octanol–water partition coefficient (Wildman–Crippen LogP) is 7.86. The summed E-state index contributed by atoms with van der Waals surface area (Å²) < 4.78 is 11.6. The van der Waals surface area contributed by atoms with Crippen molar-refractivity contribution in [1.29, 1.82) is 0 Å². The lowest BCUT2D eigenvalue weighted by Gasteiger charge is -2.16. The Labute approximate surface area is 222 Å². The molecule has 2 heterocycles. The topological polar surface area (TPSA) is 44.2 Å². The van der Waals surface area contributed by atoms with Crippen LogP contribution in [0.25, 0.3) is 21.8 Å². The Bertz CT molecular complexity index is 1480. The minimum Gasteiger partial charge on any atom is -0.497 e. The molecule has 0 radical (unpaired) electrons. The van der Waals surface area contributed by atoms with Gasteiger partial charge in [-0.3, -0.25) is 0 Å². The second-order valence-electron chi connectivity index (χ2n) is 8.98. The molecule has 0 aliphatic rings. The highest BCUT2D eigenvalue weighted by atomic mass is 32.1. The fraction of sp³-hybridized carbons (Fsp3) is 0.188. The van der Waals surface area contributed by atoms with Gasteiger partial charge in [0, 0.05) is 10.4 Å². The molecule has 5 heteroatoms. The number of benzene rings is 3. The highest BCUT2D eigenvalue weighted by Crippen LogP contribution is 2.35. The van der Waals surface area contributed by atoms with E-state index in [1.807, 2.05) is 55.5 Å². The second kappa shape index (κ2) is 11.4. The normalized spacial score (nSPS) is 10.9. The van der Waals surface area contributed by atoms with Gasteiger partial charge in [-0.1, -0.05) is 54.6 Å². The van der Waals surface area contributed by atoms with Crippen LogP contribution < -0.4 is 9.47 Å². The van der Waals surface area contributed by atoms with Crippen LogP contribution in [-0.4, -0.2) is 17.1 Å². The van der Waals surface area contributed by atoms with Crippen LogP contribution in [0, 0.1) is 13.8 Å². The quantitative estimate of drug-likeness (QED) is 0.204. The maximum absolute atomic E-state index is 6.32. The van der Waals surface area contributed by atoms with E-state index >= 15 is 0 Å². The zero-order chi connectivity index (χ0) is 25.6. The smallest absolute Gasteiger partial charge is 0.129 e. The molecule has 0 unspecified atom stereocenters. The van der Waals surface area contributed by atoms with Crippen molar-refractivity contribution < 1.29 is 9.47 Å². The molecule has 186 valence electrons. The fourth-order valence-electron chi connectivity index (χ4n) is 4.32. The number of nitrogens with zero attached hydrogens (tertiary/aromatic N) is 2. The number of para-hydroxylation sites is 1. The molecule has 0 saturated heterocycles. The zero-order valence-electron chi connectivity index (χ0n) is 21.4. The van der Waals surface area contributed by atoms with Crippen LogP contribution in [0.5, 0.6) is 11.5 Å². The number of thiophene rings is 1. The Kier molecular flexibility index (Phi) is 7.62. The maximum Gasteiger partial charge on any atom is 0.129 e. The SMILES string of the molecule is COc1ccc(COc2ccccc2-c2nc(C)c(-c3ccc(C)s3)nc2CCc2ccccc2)cc1. The van der Waals surface area contributed by atoms with E-state index in [0.717, 1.165) is 63.1 Å². The summed E-state index contributed by atoms with van der Waals surface area (Å²) in [5.41, 5.74) is 7.07. The molecule has 2 aromatic heterocycles. The van der Waals surface area contributed by atoms with Gasteiger partial charge in [0.2, 0.25) is 0 Å².